The van der Waals surface area contributed by atoms with E-state index in [0.717, 1.165) is 18.2 Å². The van der Waals surface area contributed by atoms with Crippen LogP contribution in [0.2, 0.25) is 0 Å². The van der Waals surface area contributed by atoms with Crippen LogP contribution in [0.25, 0.3) is 0 Å². The molecule has 3 nitrogen and oxygen atoms in total. The van der Waals surface area contributed by atoms with E-state index in [2.05, 4.69) is 0 Å². The average Bonchev–Trinajstić information content (AvgIpc) is 2.54. The van der Waals surface area contributed by atoms with Gasteiger partial charge in [-0.1, -0.05) is 36.4 Å². The molecule has 2 aromatic carbocycles. The summed E-state index contributed by atoms with van der Waals surface area (Å²) in [6.45, 7) is 3.18. The Morgan fingerprint density at radius 3 is 2.04 bits per heavy atom. The van der Waals surface area contributed by atoms with E-state index in [4.69, 9.17) is 0 Å². The molecule has 0 fully saturated rings. The first-order chi connectivity index (χ1) is 11.4. The van der Waals surface area contributed by atoms with Crippen molar-refractivity contribution in [1.29, 1.82) is 0 Å². The van der Waals surface area contributed by atoms with Crippen LogP contribution >= 0.6 is 0 Å². The number of carbonyl (C=O) groups is 1. The molecule has 134 valence electrons. The van der Waals surface area contributed by atoms with Crippen LogP contribution in [0.15, 0.2) is 59.5 Å². The van der Waals surface area contributed by atoms with Crippen molar-refractivity contribution in [1.82, 2.24) is 0 Å². The highest BCUT2D eigenvalue weighted by molar-refractivity contribution is 7.92. The lowest BCUT2D eigenvalue weighted by atomic mass is 9.81. The second kappa shape index (κ2) is 6.63. The van der Waals surface area contributed by atoms with Gasteiger partial charge < -0.3 is 0 Å². The molecule has 0 heterocycles. The monoisotopic (exact) mass is 370 g/mol. The van der Waals surface area contributed by atoms with Crippen molar-refractivity contribution in [2.45, 2.75) is 30.3 Å². The molecule has 2 aromatic rings. The number of rotatable bonds is 5. The van der Waals surface area contributed by atoms with E-state index in [1.165, 1.54) is 0 Å². The summed E-state index contributed by atoms with van der Waals surface area (Å²) in [4.78, 5) is 12.0. The van der Waals surface area contributed by atoms with E-state index in [-0.39, 0.29) is 0 Å². The number of alkyl halides is 3. The Kier molecular flexibility index (Phi) is 5.09. The van der Waals surface area contributed by atoms with Crippen LogP contribution in [0.5, 0.6) is 0 Å². The maximum Gasteiger partial charge on any atom is 0.416 e. The molecule has 0 radical (unpaired) electrons. The summed E-state index contributed by atoms with van der Waals surface area (Å²) in [6, 6.07) is 12.0. The highest BCUT2D eigenvalue weighted by Crippen LogP contribution is 2.31. The number of Topliss-reactive ketones (excluding diaryl/α,β-unsaturated/α-hetero) is 1. The zero-order valence-corrected chi connectivity index (χ0v) is 14.5. The van der Waals surface area contributed by atoms with Gasteiger partial charge in [-0.25, -0.2) is 8.42 Å². The fourth-order valence-corrected chi connectivity index (χ4v) is 3.78. The Morgan fingerprint density at radius 2 is 1.48 bits per heavy atom. The van der Waals surface area contributed by atoms with Crippen molar-refractivity contribution < 1.29 is 26.4 Å². The molecule has 0 amide bonds. The van der Waals surface area contributed by atoms with E-state index in [9.17, 15) is 26.4 Å². The largest absolute Gasteiger partial charge is 0.416 e. The quantitative estimate of drug-likeness (QED) is 0.799. The molecule has 0 saturated heterocycles. The fraction of sp³-hybridized carbons (Fsp3) is 0.278. The van der Waals surface area contributed by atoms with Gasteiger partial charge in [0.25, 0.3) is 0 Å². The van der Waals surface area contributed by atoms with Gasteiger partial charge in [0.15, 0.2) is 15.6 Å². The van der Waals surface area contributed by atoms with Crippen molar-refractivity contribution in [3.8, 4) is 0 Å². The molecule has 0 spiro atoms. The van der Waals surface area contributed by atoms with Crippen molar-refractivity contribution in [3.63, 3.8) is 0 Å². The van der Waals surface area contributed by atoms with Crippen LogP contribution in [0.3, 0.4) is 0 Å². The molecule has 0 atom stereocenters. The normalized spacial score (nSPS) is 12.8. The Bertz CT molecular complexity index is 870. The van der Waals surface area contributed by atoms with E-state index in [0.29, 0.717) is 11.6 Å². The minimum Gasteiger partial charge on any atom is -0.298 e. The summed E-state index contributed by atoms with van der Waals surface area (Å²) in [5, 5.41) is 0. The summed E-state index contributed by atoms with van der Waals surface area (Å²) in [5.74, 6) is -1.45. The summed E-state index contributed by atoms with van der Waals surface area (Å²) >= 11 is 0. The van der Waals surface area contributed by atoms with Gasteiger partial charge in [-0.15, -0.1) is 0 Å². The highest BCUT2D eigenvalue weighted by atomic mass is 32.2. The second-order valence-corrected chi connectivity index (χ2v) is 8.19. The first-order valence-electron chi connectivity index (χ1n) is 7.43. The molecule has 2 rings (SSSR count). The second-order valence-electron chi connectivity index (χ2n) is 6.20. The first kappa shape index (κ1) is 19.2. The number of sulfone groups is 1. The molecule has 0 aromatic heterocycles. The smallest absolute Gasteiger partial charge is 0.298 e. The Balaban J connectivity index is 2.31. The maximum atomic E-state index is 12.8. The van der Waals surface area contributed by atoms with Gasteiger partial charge in [0.2, 0.25) is 0 Å². The van der Waals surface area contributed by atoms with Crippen LogP contribution in [0.1, 0.15) is 25.0 Å². The van der Waals surface area contributed by atoms with Gasteiger partial charge in [0.05, 0.1) is 10.5 Å². The Hall–Kier alpha value is -2.15. The Morgan fingerprint density at radius 1 is 0.920 bits per heavy atom. The lowest BCUT2D eigenvalue weighted by molar-refractivity contribution is -0.137. The topological polar surface area (TPSA) is 51.2 Å². The number of benzene rings is 2. The van der Waals surface area contributed by atoms with Crippen molar-refractivity contribution in [3.05, 3.63) is 65.7 Å². The van der Waals surface area contributed by atoms with Crippen molar-refractivity contribution >= 4 is 15.6 Å². The molecule has 0 N–H and O–H groups in total. The third kappa shape index (κ3) is 4.28. The van der Waals surface area contributed by atoms with Crippen LogP contribution in [0.4, 0.5) is 13.2 Å². The number of ketones is 1. The first-order valence-corrected chi connectivity index (χ1v) is 9.09. The molecule has 7 heteroatoms. The minimum atomic E-state index is -4.65. The Labute approximate surface area is 144 Å². The van der Waals surface area contributed by atoms with E-state index in [1.807, 2.05) is 0 Å². The third-order valence-electron chi connectivity index (χ3n) is 4.03. The maximum absolute atomic E-state index is 12.8. The van der Waals surface area contributed by atoms with E-state index < -0.39 is 43.4 Å². The molecule has 0 bridgehead atoms. The van der Waals surface area contributed by atoms with Crippen LogP contribution < -0.4 is 0 Å². The van der Waals surface area contributed by atoms with E-state index >= 15 is 0 Å². The predicted octanol–water partition coefficient (Wildman–Crippen LogP) is 4.03. The third-order valence-corrected chi connectivity index (χ3v) is 5.65. The number of halogens is 3. The zero-order valence-electron chi connectivity index (χ0n) is 13.7. The van der Waals surface area contributed by atoms with Gasteiger partial charge in [0, 0.05) is 5.41 Å². The number of hydrogen-bond acceptors (Lipinski definition) is 3. The summed E-state index contributed by atoms with van der Waals surface area (Å²) in [5.41, 5.74) is -1.50. The van der Waals surface area contributed by atoms with Crippen molar-refractivity contribution in [2.75, 3.05) is 5.75 Å². The van der Waals surface area contributed by atoms with Gasteiger partial charge in [-0.3, -0.25) is 4.79 Å². The fourth-order valence-electron chi connectivity index (χ4n) is 2.32. The van der Waals surface area contributed by atoms with Crippen LogP contribution in [-0.2, 0) is 26.2 Å². The van der Waals surface area contributed by atoms with E-state index in [1.54, 1.807) is 44.2 Å². The predicted molar refractivity (Wildman–Crippen MR) is 88.0 cm³/mol. The van der Waals surface area contributed by atoms with Gasteiger partial charge in [-0.2, -0.15) is 13.2 Å². The molecule has 0 saturated carbocycles. The highest BCUT2D eigenvalue weighted by Gasteiger charge is 2.35. The molecule has 0 unspecified atom stereocenters. The molecule has 0 aliphatic carbocycles. The van der Waals surface area contributed by atoms with Gasteiger partial charge in [-0.05, 0) is 37.6 Å². The van der Waals surface area contributed by atoms with Gasteiger partial charge in [0.1, 0.15) is 5.75 Å². The SMILES string of the molecule is CC(C)(C(=O)CS(=O)(=O)c1cccc(C(F)(F)F)c1)c1ccccc1. The standard InChI is InChI=1S/C18H17F3O3S/c1-17(2,13-7-4-3-5-8-13)16(22)12-25(23,24)15-10-6-9-14(11-15)18(19,20)21/h3-11H,12H2,1-2H3. The summed E-state index contributed by atoms with van der Waals surface area (Å²) in [7, 11) is -4.18. The lowest BCUT2D eigenvalue weighted by Crippen LogP contribution is -2.34. The zero-order chi connectivity index (χ0) is 18.9. The number of hydrogen-bond donors (Lipinski definition) is 0. The number of carbonyl (C=O) groups excluding carboxylic acids is 1. The van der Waals surface area contributed by atoms with Crippen LogP contribution in [0, 0.1) is 0 Å². The minimum absolute atomic E-state index is 0.514. The summed E-state index contributed by atoms with van der Waals surface area (Å²) in [6.07, 6.45) is -4.65. The average molecular weight is 370 g/mol. The molecular weight excluding hydrogens is 353 g/mol. The van der Waals surface area contributed by atoms with Gasteiger partial charge >= 0.3 is 6.18 Å². The molecule has 0 aliphatic heterocycles. The lowest BCUT2D eigenvalue weighted by Gasteiger charge is -2.23. The molecule has 0 aliphatic rings. The summed E-state index contributed by atoms with van der Waals surface area (Å²) < 4.78 is 63.1. The van der Waals surface area contributed by atoms with Crippen molar-refractivity contribution in [2.24, 2.45) is 0 Å². The van der Waals surface area contributed by atoms with Crippen LogP contribution in [-0.4, -0.2) is 20.0 Å². The molecule has 25 heavy (non-hydrogen) atoms. The molecular formula is C18H17F3O3S.